The van der Waals surface area contributed by atoms with E-state index in [0.717, 1.165) is 10.0 Å². The Morgan fingerprint density at radius 3 is 2.65 bits per heavy atom. The van der Waals surface area contributed by atoms with E-state index in [9.17, 15) is 4.79 Å². The van der Waals surface area contributed by atoms with Crippen LogP contribution in [-0.4, -0.2) is 23.0 Å². The van der Waals surface area contributed by atoms with Crippen LogP contribution < -0.4 is 10.6 Å². The lowest BCUT2D eigenvalue weighted by Gasteiger charge is -2.19. The standard InChI is InChI=1S/C12H18BrN3O/c1-8-5-10(14-6-9(8)13)16-11(17)7-15-12(2,3)4/h5-6,15H,7H2,1-4H3,(H,14,16,17). The molecule has 0 aliphatic carbocycles. The van der Waals surface area contributed by atoms with E-state index in [2.05, 4.69) is 31.5 Å². The second kappa shape index (κ2) is 5.60. The lowest BCUT2D eigenvalue weighted by atomic mass is 10.1. The van der Waals surface area contributed by atoms with Gasteiger partial charge in [0.2, 0.25) is 5.91 Å². The molecule has 1 rings (SSSR count). The summed E-state index contributed by atoms with van der Waals surface area (Å²) in [6.45, 7) is 8.28. The van der Waals surface area contributed by atoms with Crippen LogP contribution in [0.15, 0.2) is 16.7 Å². The van der Waals surface area contributed by atoms with Crippen LogP contribution in [0, 0.1) is 6.92 Å². The zero-order chi connectivity index (χ0) is 13.1. The third kappa shape index (κ3) is 5.28. The first-order valence-electron chi connectivity index (χ1n) is 5.45. The zero-order valence-corrected chi connectivity index (χ0v) is 12.2. The summed E-state index contributed by atoms with van der Waals surface area (Å²) in [7, 11) is 0. The minimum Gasteiger partial charge on any atom is -0.310 e. The number of aryl methyl sites for hydroxylation is 1. The van der Waals surface area contributed by atoms with Crippen molar-refractivity contribution >= 4 is 27.7 Å². The predicted octanol–water partition coefficient (Wildman–Crippen LogP) is 2.48. The summed E-state index contributed by atoms with van der Waals surface area (Å²) in [6, 6.07) is 1.83. The topological polar surface area (TPSA) is 54.0 Å². The molecule has 5 heteroatoms. The number of hydrogen-bond acceptors (Lipinski definition) is 3. The van der Waals surface area contributed by atoms with Crippen molar-refractivity contribution in [2.24, 2.45) is 0 Å². The van der Waals surface area contributed by atoms with E-state index in [0.29, 0.717) is 5.82 Å². The molecule has 0 aliphatic heterocycles. The van der Waals surface area contributed by atoms with Crippen LogP contribution >= 0.6 is 15.9 Å². The van der Waals surface area contributed by atoms with Gasteiger partial charge in [0.05, 0.1) is 6.54 Å². The number of rotatable bonds is 3. The van der Waals surface area contributed by atoms with Gasteiger partial charge in [-0.1, -0.05) is 0 Å². The molecule has 0 aromatic carbocycles. The molecule has 1 aromatic heterocycles. The molecule has 1 amide bonds. The molecular formula is C12H18BrN3O. The molecule has 0 bridgehead atoms. The monoisotopic (exact) mass is 299 g/mol. The van der Waals surface area contributed by atoms with Crippen LogP contribution in [0.4, 0.5) is 5.82 Å². The summed E-state index contributed by atoms with van der Waals surface area (Å²) in [5.74, 6) is 0.487. The first kappa shape index (κ1) is 14.1. The van der Waals surface area contributed by atoms with E-state index >= 15 is 0 Å². The highest BCUT2D eigenvalue weighted by Gasteiger charge is 2.11. The van der Waals surface area contributed by atoms with Crippen LogP contribution in [0.5, 0.6) is 0 Å². The largest absolute Gasteiger partial charge is 0.310 e. The number of nitrogens with one attached hydrogen (secondary N) is 2. The highest BCUT2D eigenvalue weighted by atomic mass is 79.9. The van der Waals surface area contributed by atoms with Crippen molar-refractivity contribution in [2.75, 3.05) is 11.9 Å². The van der Waals surface area contributed by atoms with Gasteiger partial charge in [-0.3, -0.25) is 4.79 Å². The fourth-order valence-corrected chi connectivity index (χ4v) is 1.36. The van der Waals surface area contributed by atoms with E-state index in [1.807, 2.05) is 33.8 Å². The molecule has 0 unspecified atom stereocenters. The van der Waals surface area contributed by atoms with Crippen LogP contribution in [0.2, 0.25) is 0 Å². The number of amides is 1. The number of nitrogens with zero attached hydrogens (tertiary/aromatic N) is 1. The number of aromatic nitrogens is 1. The molecule has 0 saturated carbocycles. The van der Waals surface area contributed by atoms with Gasteiger partial charge in [-0.2, -0.15) is 0 Å². The molecule has 1 aromatic rings. The van der Waals surface area contributed by atoms with E-state index < -0.39 is 0 Å². The number of carbonyl (C=O) groups excluding carboxylic acids is 1. The molecule has 0 radical (unpaired) electrons. The van der Waals surface area contributed by atoms with E-state index in [-0.39, 0.29) is 18.0 Å². The number of hydrogen-bond donors (Lipinski definition) is 2. The van der Waals surface area contributed by atoms with Gasteiger partial charge in [0.1, 0.15) is 5.82 Å². The van der Waals surface area contributed by atoms with Gasteiger partial charge < -0.3 is 10.6 Å². The Balaban J connectivity index is 2.54. The van der Waals surface area contributed by atoms with Crippen molar-refractivity contribution in [2.45, 2.75) is 33.2 Å². The Hall–Kier alpha value is -0.940. The summed E-state index contributed by atoms with van der Waals surface area (Å²) in [4.78, 5) is 15.7. The Morgan fingerprint density at radius 1 is 1.47 bits per heavy atom. The van der Waals surface area contributed by atoms with Crippen molar-refractivity contribution in [1.29, 1.82) is 0 Å². The van der Waals surface area contributed by atoms with Gasteiger partial charge in [0, 0.05) is 16.2 Å². The molecule has 4 nitrogen and oxygen atoms in total. The normalized spacial score (nSPS) is 11.4. The summed E-state index contributed by atoms with van der Waals surface area (Å²) in [5, 5.41) is 5.87. The summed E-state index contributed by atoms with van der Waals surface area (Å²) >= 11 is 3.36. The van der Waals surface area contributed by atoms with Crippen LogP contribution in [0.3, 0.4) is 0 Å². The molecule has 17 heavy (non-hydrogen) atoms. The Kier molecular flexibility index (Phi) is 4.65. The van der Waals surface area contributed by atoms with Crippen molar-refractivity contribution in [3.63, 3.8) is 0 Å². The van der Waals surface area contributed by atoms with Crippen molar-refractivity contribution in [3.05, 3.63) is 22.3 Å². The zero-order valence-electron chi connectivity index (χ0n) is 10.6. The van der Waals surface area contributed by atoms with Crippen LogP contribution in [-0.2, 0) is 4.79 Å². The van der Waals surface area contributed by atoms with Crippen LogP contribution in [0.25, 0.3) is 0 Å². The SMILES string of the molecule is Cc1cc(NC(=O)CNC(C)(C)C)ncc1Br. The first-order valence-corrected chi connectivity index (χ1v) is 6.24. The number of carbonyl (C=O) groups is 1. The van der Waals surface area contributed by atoms with E-state index in [1.54, 1.807) is 6.20 Å². The van der Waals surface area contributed by atoms with Gasteiger partial charge in [0.15, 0.2) is 0 Å². The lowest BCUT2D eigenvalue weighted by Crippen LogP contribution is -2.41. The summed E-state index contributed by atoms with van der Waals surface area (Å²) < 4.78 is 0.934. The van der Waals surface area contributed by atoms with Gasteiger partial charge >= 0.3 is 0 Å². The first-order chi connectivity index (χ1) is 7.78. The molecular weight excluding hydrogens is 282 g/mol. The average molecular weight is 300 g/mol. The number of anilines is 1. The average Bonchev–Trinajstić information content (AvgIpc) is 2.20. The van der Waals surface area contributed by atoms with E-state index in [4.69, 9.17) is 0 Å². The lowest BCUT2D eigenvalue weighted by molar-refractivity contribution is -0.115. The third-order valence-corrected chi connectivity index (χ3v) is 2.92. The molecule has 1 heterocycles. The fraction of sp³-hybridized carbons (Fsp3) is 0.500. The number of halogens is 1. The van der Waals surface area contributed by atoms with Gasteiger partial charge in [-0.25, -0.2) is 4.98 Å². The molecule has 0 aliphatic rings. The summed E-state index contributed by atoms with van der Waals surface area (Å²) in [5.41, 5.74) is 0.972. The molecule has 0 fully saturated rings. The second-order valence-corrected chi connectivity index (χ2v) is 5.82. The fourth-order valence-electron chi connectivity index (χ4n) is 1.14. The summed E-state index contributed by atoms with van der Waals surface area (Å²) in [6.07, 6.45) is 1.68. The Morgan fingerprint density at radius 2 is 2.12 bits per heavy atom. The minimum absolute atomic E-state index is 0.0690. The maximum absolute atomic E-state index is 11.6. The van der Waals surface area contributed by atoms with Gasteiger partial charge in [-0.15, -0.1) is 0 Å². The van der Waals surface area contributed by atoms with E-state index in [1.165, 1.54) is 0 Å². The second-order valence-electron chi connectivity index (χ2n) is 4.97. The van der Waals surface area contributed by atoms with Gasteiger partial charge in [0.25, 0.3) is 0 Å². The van der Waals surface area contributed by atoms with Crippen molar-refractivity contribution in [3.8, 4) is 0 Å². The van der Waals surface area contributed by atoms with Gasteiger partial charge in [-0.05, 0) is 55.3 Å². The molecule has 0 atom stereocenters. The minimum atomic E-state index is -0.0888. The molecule has 0 saturated heterocycles. The highest BCUT2D eigenvalue weighted by Crippen LogP contribution is 2.16. The molecule has 94 valence electrons. The number of pyridine rings is 1. The highest BCUT2D eigenvalue weighted by molar-refractivity contribution is 9.10. The smallest absolute Gasteiger partial charge is 0.239 e. The molecule has 0 spiro atoms. The van der Waals surface area contributed by atoms with Crippen molar-refractivity contribution in [1.82, 2.24) is 10.3 Å². The Bertz CT molecular complexity index is 413. The third-order valence-electron chi connectivity index (χ3n) is 2.09. The quantitative estimate of drug-likeness (QED) is 0.901. The maximum Gasteiger partial charge on any atom is 0.239 e. The van der Waals surface area contributed by atoms with Crippen molar-refractivity contribution < 1.29 is 4.79 Å². The Labute approximate surface area is 110 Å². The van der Waals surface area contributed by atoms with Crippen LogP contribution in [0.1, 0.15) is 26.3 Å². The molecule has 2 N–H and O–H groups in total. The maximum atomic E-state index is 11.6. The predicted molar refractivity (Wildman–Crippen MR) is 73.1 cm³/mol.